The molecule has 1 saturated heterocycles. The molecule has 18 heavy (non-hydrogen) atoms. The molecule has 0 amide bonds. The van der Waals surface area contributed by atoms with E-state index >= 15 is 0 Å². The smallest absolute Gasteiger partial charge is 0.170 e. The molecule has 96 valence electrons. The van der Waals surface area contributed by atoms with Gasteiger partial charge >= 0.3 is 0 Å². The molecule has 0 aromatic heterocycles. The van der Waals surface area contributed by atoms with E-state index < -0.39 is 5.79 Å². The molecule has 1 aromatic rings. The highest BCUT2D eigenvalue weighted by atomic mass is 16.7. The van der Waals surface area contributed by atoms with Gasteiger partial charge in [-0.15, -0.1) is 0 Å². The summed E-state index contributed by atoms with van der Waals surface area (Å²) in [5.74, 6) is -0.460. The van der Waals surface area contributed by atoms with E-state index in [2.05, 4.69) is 11.0 Å². The molecule has 1 aromatic carbocycles. The first kappa shape index (κ1) is 12.9. The van der Waals surface area contributed by atoms with E-state index in [1.165, 1.54) is 0 Å². The van der Waals surface area contributed by atoms with Crippen LogP contribution in [0.1, 0.15) is 18.4 Å². The molecule has 4 heteroatoms. The van der Waals surface area contributed by atoms with E-state index in [9.17, 15) is 0 Å². The summed E-state index contributed by atoms with van der Waals surface area (Å²) in [6.07, 6.45) is 1.61. The molecule has 1 heterocycles. The molecular formula is C14H18N2O2. The number of nitriles is 1. The van der Waals surface area contributed by atoms with Gasteiger partial charge in [-0.2, -0.15) is 5.26 Å². The van der Waals surface area contributed by atoms with Crippen molar-refractivity contribution in [3.63, 3.8) is 0 Å². The minimum absolute atomic E-state index is 0.460. The molecule has 0 saturated carbocycles. The zero-order chi connectivity index (χ0) is 13.0. The highest BCUT2D eigenvalue weighted by Crippen LogP contribution is 2.30. The lowest BCUT2D eigenvalue weighted by Gasteiger charge is -2.40. The van der Waals surface area contributed by atoms with Crippen molar-refractivity contribution >= 4 is 5.69 Å². The molecule has 0 bridgehead atoms. The summed E-state index contributed by atoms with van der Waals surface area (Å²) in [5.41, 5.74) is 1.72. The van der Waals surface area contributed by atoms with Crippen LogP contribution in [0.15, 0.2) is 24.3 Å². The fourth-order valence-electron chi connectivity index (χ4n) is 2.42. The summed E-state index contributed by atoms with van der Waals surface area (Å²) in [6.45, 7) is 1.67. The Labute approximate surface area is 108 Å². The van der Waals surface area contributed by atoms with Gasteiger partial charge in [0.1, 0.15) is 6.07 Å². The molecule has 0 N–H and O–H groups in total. The minimum Gasteiger partial charge on any atom is -0.370 e. The number of hydrogen-bond acceptors (Lipinski definition) is 4. The van der Waals surface area contributed by atoms with Gasteiger partial charge in [-0.3, -0.25) is 0 Å². The molecule has 0 unspecified atom stereocenters. The third kappa shape index (κ3) is 2.33. The average molecular weight is 246 g/mol. The summed E-state index contributed by atoms with van der Waals surface area (Å²) in [6, 6.07) is 9.93. The van der Waals surface area contributed by atoms with Gasteiger partial charge in [-0.05, 0) is 12.1 Å². The number of rotatable bonds is 3. The Morgan fingerprint density at radius 3 is 2.33 bits per heavy atom. The molecule has 0 aliphatic carbocycles. The van der Waals surface area contributed by atoms with Gasteiger partial charge < -0.3 is 14.4 Å². The van der Waals surface area contributed by atoms with Crippen LogP contribution < -0.4 is 4.90 Å². The zero-order valence-corrected chi connectivity index (χ0v) is 10.8. The van der Waals surface area contributed by atoms with Crippen molar-refractivity contribution in [2.75, 3.05) is 32.2 Å². The second-order valence-electron chi connectivity index (χ2n) is 4.43. The molecular weight excluding hydrogens is 228 g/mol. The van der Waals surface area contributed by atoms with Crippen molar-refractivity contribution in [3.05, 3.63) is 29.8 Å². The summed E-state index contributed by atoms with van der Waals surface area (Å²) in [7, 11) is 3.37. The Bertz CT molecular complexity index is 439. The van der Waals surface area contributed by atoms with E-state index in [4.69, 9.17) is 14.7 Å². The zero-order valence-electron chi connectivity index (χ0n) is 10.8. The van der Waals surface area contributed by atoms with Crippen LogP contribution >= 0.6 is 0 Å². The Kier molecular flexibility index (Phi) is 3.85. The fourth-order valence-corrected chi connectivity index (χ4v) is 2.42. The molecule has 0 atom stereocenters. The van der Waals surface area contributed by atoms with E-state index in [1.54, 1.807) is 14.2 Å². The van der Waals surface area contributed by atoms with E-state index in [0.29, 0.717) is 0 Å². The maximum absolute atomic E-state index is 9.12. The van der Waals surface area contributed by atoms with Crippen LogP contribution in [0.25, 0.3) is 0 Å². The number of anilines is 1. The molecule has 0 radical (unpaired) electrons. The lowest BCUT2D eigenvalue weighted by atomic mass is 10.0. The molecule has 1 aliphatic rings. The quantitative estimate of drug-likeness (QED) is 0.767. The Hall–Kier alpha value is -1.57. The Morgan fingerprint density at radius 2 is 1.78 bits per heavy atom. The topological polar surface area (TPSA) is 45.5 Å². The summed E-state index contributed by atoms with van der Waals surface area (Å²) < 4.78 is 10.9. The lowest BCUT2D eigenvalue weighted by Crippen LogP contribution is -2.47. The standard InChI is InChI=1S/C14H18N2O2/c1-17-14(18-2)7-9-16(10-8-14)13-6-4-3-5-12(13)11-15/h3-6H,7-10H2,1-2H3. The third-order valence-corrected chi connectivity index (χ3v) is 3.63. The number of methoxy groups -OCH3 is 2. The van der Waals surface area contributed by atoms with Crippen LogP contribution in [0.2, 0.25) is 0 Å². The number of hydrogen-bond donors (Lipinski definition) is 0. The fraction of sp³-hybridized carbons (Fsp3) is 0.500. The predicted octanol–water partition coefficient (Wildman–Crippen LogP) is 2.15. The number of benzene rings is 1. The van der Waals surface area contributed by atoms with Gasteiger partial charge in [-0.25, -0.2) is 0 Å². The predicted molar refractivity (Wildman–Crippen MR) is 69.4 cm³/mol. The van der Waals surface area contributed by atoms with Crippen LogP contribution in [0.3, 0.4) is 0 Å². The van der Waals surface area contributed by atoms with Crippen molar-refractivity contribution in [1.82, 2.24) is 0 Å². The van der Waals surface area contributed by atoms with E-state index in [0.717, 1.165) is 37.2 Å². The highest BCUT2D eigenvalue weighted by Gasteiger charge is 2.34. The van der Waals surface area contributed by atoms with Crippen molar-refractivity contribution in [2.24, 2.45) is 0 Å². The van der Waals surface area contributed by atoms with Crippen LogP contribution in [-0.4, -0.2) is 33.1 Å². The molecule has 4 nitrogen and oxygen atoms in total. The van der Waals surface area contributed by atoms with Gasteiger partial charge in [0.25, 0.3) is 0 Å². The maximum Gasteiger partial charge on any atom is 0.170 e. The molecule has 2 rings (SSSR count). The summed E-state index contributed by atoms with van der Waals surface area (Å²) in [4.78, 5) is 2.22. The van der Waals surface area contributed by atoms with E-state index in [-0.39, 0.29) is 0 Å². The van der Waals surface area contributed by atoms with Crippen molar-refractivity contribution in [3.8, 4) is 6.07 Å². The van der Waals surface area contributed by atoms with Gasteiger partial charge in [0, 0.05) is 40.2 Å². The first-order valence-corrected chi connectivity index (χ1v) is 6.09. The van der Waals surface area contributed by atoms with Crippen LogP contribution in [-0.2, 0) is 9.47 Å². The third-order valence-electron chi connectivity index (χ3n) is 3.63. The molecule has 0 spiro atoms. The van der Waals surface area contributed by atoms with Crippen LogP contribution in [0.5, 0.6) is 0 Å². The van der Waals surface area contributed by atoms with E-state index in [1.807, 2.05) is 24.3 Å². The monoisotopic (exact) mass is 246 g/mol. The number of piperidine rings is 1. The van der Waals surface area contributed by atoms with Gasteiger partial charge in [-0.1, -0.05) is 12.1 Å². The largest absolute Gasteiger partial charge is 0.370 e. The molecule has 1 fully saturated rings. The Morgan fingerprint density at radius 1 is 1.17 bits per heavy atom. The van der Waals surface area contributed by atoms with Crippen molar-refractivity contribution < 1.29 is 9.47 Å². The summed E-state index contributed by atoms with van der Waals surface area (Å²) >= 11 is 0. The second kappa shape index (κ2) is 5.38. The van der Waals surface area contributed by atoms with Crippen LogP contribution in [0, 0.1) is 11.3 Å². The van der Waals surface area contributed by atoms with Crippen molar-refractivity contribution in [2.45, 2.75) is 18.6 Å². The lowest BCUT2D eigenvalue weighted by molar-refractivity contribution is -0.216. The van der Waals surface area contributed by atoms with Gasteiger partial charge in [0.15, 0.2) is 5.79 Å². The average Bonchev–Trinajstić information content (AvgIpc) is 2.47. The van der Waals surface area contributed by atoms with Crippen molar-refractivity contribution in [1.29, 1.82) is 5.26 Å². The minimum atomic E-state index is -0.460. The summed E-state index contributed by atoms with van der Waals surface area (Å²) in [5, 5.41) is 9.12. The number of para-hydroxylation sites is 1. The first-order valence-electron chi connectivity index (χ1n) is 6.09. The SMILES string of the molecule is COC1(OC)CCN(c2ccccc2C#N)CC1. The Balaban J connectivity index is 2.13. The second-order valence-corrected chi connectivity index (χ2v) is 4.43. The molecule has 1 aliphatic heterocycles. The van der Waals surface area contributed by atoms with Crippen LogP contribution in [0.4, 0.5) is 5.69 Å². The maximum atomic E-state index is 9.12. The van der Waals surface area contributed by atoms with Gasteiger partial charge in [0.05, 0.1) is 11.3 Å². The first-order chi connectivity index (χ1) is 8.74. The normalized spacial score (nSPS) is 18.4. The van der Waals surface area contributed by atoms with Gasteiger partial charge in [0.2, 0.25) is 0 Å². The number of nitrogens with zero attached hydrogens (tertiary/aromatic N) is 2. The number of ether oxygens (including phenoxy) is 2. The highest BCUT2D eigenvalue weighted by molar-refractivity contribution is 5.59.